The zero-order valence-electron chi connectivity index (χ0n) is 21.8. The van der Waals surface area contributed by atoms with Crippen LogP contribution in [0.4, 0.5) is 18.0 Å². The Balaban J connectivity index is 1.39. The molecule has 2 N–H and O–H groups in total. The first-order chi connectivity index (χ1) is 17.3. The Morgan fingerprint density at radius 2 is 1.86 bits per heavy atom. The van der Waals surface area contributed by atoms with Crippen LogP contribution in [0.2, 0.25) is 0 Å². The molecule has 1 fully saturated rings. The van der Waals surface area contributed by atoms with Crippen LogP contribution in [0, 0.1) is 11.3 Å². The van der Waals surface area contributed by atoms with Gasteiger partial charge in [0.05, 0.1) is 11.0 Å². The molecule has 0 spiro atoms. The van der Waals surface area contributed by atoms with E-state index in [1.807, 2.05) is 32.9 Å². The van der Waals surface area contributed by atoms with Gasteiger partial charge in [-0.3, -0.25) is 9.78 Å². The monoisotopic (exact) mass is 522 g/mol. The average Bonchev–Trinajstić information content (AvgIpc) is 3.22. The van der Waals surface area contributed by atoms with Crippen molar-refractivity contribution in [1.82, 2.24) is 14.8 Å². The number of pyridine rings is 1. The van der Waals surface area contributed by atoms with E-state index in [-0.39, 0.29) is 24.6 Å². The lowest BCUT2D eigenvalue weighted by Crippen LogP contribution is -2.46. The maximum absolute atomic E-state index is 13.8. The van der Waals surface area contributed by atoms with Crippen LogP contribution in [-0.4, -0.2) is 58.1 Å². The Morgan fingerprint density at radius 1 is 1.16 bits per heavy atom. The summed E-state index contributed by atoms with van der Waals surface area (Å²) >= 11 is 0. The predicted octanol–water partition coefficient (Wildman–Crippen LogP) is 4.69. The third-order valence-corrected chi connectivity index (χ3v) is 7.61. The number of hydrogen-bond acceptors (Lipinski definition) is 5. The second kappa shape index (κ2) is 10.3. The van der Waals surface area contributed by atoms with Gasteiger partial charge in [-0.25, -0.2) is 4.79 Å². The van der Waals surface area contributed by atoms with Crippen LogP contribution in [0.5, 0.6) is 0 Å². The van der Waals surface area contributed by atoms with E-state index in [0.29, 0.717) is 56.1 Å². The normalized spacial score (nSPS) is 24.8. The van der Waals surface area contributed by atoms with Crippen LogP contribution < -0.4 is 5.73 Å². The predicted molar refractivity (Wildman–Crippen MR) is 132 cm³/mol. The van der Waals surface area contributed by atoms with Crippen LogP contribution in [0.3, 0.4) is 0 Å². The van der Waals surface area contributed by atoms with Gasteiger partial charge in [0, 0.05) is 50.5 Å². The van der Waals surface area contributed by atoms with E-state index in [4.69, 9.17) is 10.5 Å². The fourth-order valence-electron chi connectivity index (χ4n) is 5.58. The molecule has 0 radical (unpaired) electrons. The maximum Gasteiger partial charge on any atom is 0.417 e. The molecule has 3 aliphatic rings. The molecule has 10 heteroatoms. The van der Waals surface area contributed by atoms with E-state index in [2.05, 4.69) is 4.98 Å². The molecule has 0 saturated carbocycles. The van der Waals surface area contributed by atoms with Gasteiger partial charge in [0.25, 0.3) is 0 Å². The standard InChI is InChI=1S/C27H37F3N4O3/c1-25(2,3)37-24(36)33-11-6-18(7-12-33)4-9-26(10-5-21(31)15-26)23(35)34-13-8-22-19(17-34)14-20(16-32-22)27(28,29)30/h5,10,14,16,18,21H,4,6-9,11-13,15,17,31H2,1-3H3/t21-,26+/m1/s1. The molecule has 7 nitrogen and oxygen atoms in total. The van der Waals surface area contributed by atoms with Gasteiger partial charge >= 0.3 is 12.3 Å². The number of carbonyl (C=O) groups is 2. The number of carbonyl (C=O) groups excluding carboxylic acids is 2. The molecule has 2 atom stereocenters. The molecular formula is C27H37F3N4O3. The van der Waals surface area contributed by atoms with Crippen LogP contribution in [0.1, 0.15) is 69.7 Å². The van der Waals surface area contributed by atoms with E-state index < -0.39 is 22.8 Å². The van der Waals surface area contributed by atoms with Gasteiger partial charge < -0.3 is 20.3 Å². The quantitative estimate of drug-likeness (QED) is 0.580. The van der Waals surface area contributed by atoms with E-state index in [1.54, 1.807) is 9.80 Å². The zero-order chi connectivity index (χ0) is 27.0. The van der Waals surface area contributed by atoms with Crippen molar-refractivity contribution in [3.63, 3.8) is 0 Å². The van der Waals surface area contributed by atoms with Gasteiger partial charge in [0.1, 0.15) is 5.60 Å². The van der Waals surface area contributed by atoms with Gasteiger partial charge in [-0.2, -0.15) is 13.2 Å². The van der Waals surface area contributed by atoms with Crippen molar-refractivity contribution >= 4 is 12.0 Å². The van der Waals surface area contributed by atoms with Gasteiger partial charge in [-0.05, 0) is 70.4 Å². The molecule has 37 heavy (non-hydrogen) atoms. The van der Waals surface area contributed by atoms with Gasteiger partial charge in [0.2, 0.25) is 5.91 Å². The van der Waals surface area contributed by atoms with Crippen LogP contribution >= 0.6 is 0 Å². The number of ether oxygens (including phenoxy) is 1. The minimum absolute atomic E-state index is 0.0778. The molecular weight excluding hydrogens is 485 g/mol. The summed E-state index contributed by atoms with van der Waals surface area (Å²) in [6, 6.07) is 0.886. The number of hydrogen-bond donors (Lipinski definition) is 1. The summed E-state index contributed by atoms with van der Waals surface area (Å²) < 4.78 is 45.1. The second-order valence-corrected chi connectivity index (χ2v) is 11.6. The van der Waals surface area contributed by atoms with Crippen molar-refractivity contribution < 1.29 is 27.5 Å². The van der Waals surface area contributed by atoms with Crippen molar-refractivity contribution in [1.29, 1.82) is 0 Å². The molecule has 1 saturated heterocycles. The SMILES string of the molecule is CC(C)(C)OC(=O)N1CCC(CC[C@]2(C(=O)N3CCc4ncc(C(F)(F)F)cc4C3)C=C[C@@H](N)C2)CC1. The molecule has 1 aromatic heterocycles. The molecule has 1 aliphatic carbocycles. The lowest BCUT2D eigenvalue weighted by atomic mass is 9.77. The van der Waals surface area contributed by atoms with Crippen molar-refractivity contribution in [3.05, 3.63) is 41.2 Å². The highest BCUT2D eigenvalue weighted by atomic mass is 19.4. The number of alkyl halides is 3. The number of nitrogens with two attached hydrogens (primary N) is 1. The number of fused-ring (bicyclic) bond motifs is 1. The average molecular weight is 523 g/mol. The van der Waals surface area contributed by atoms with E-state index in [1.165, 1.54) is 0 Å². The lowest BCUT2D eigenvalue weighted by Gasteiger charge is -2.38. The van der Waals surface area contributed by atoms with Crippen molar-refractivity contribution in [2.24, 2.45) is 17.1 Å². The second-order valence-electron chi connectivity index (χ2n) is 11.6. The molecule has 0 unspecified atom stereocenters. The smallest absolute Gasteiger partial charge is 0.417 e. The molecule has 204 valence electrons. The van der Waals surface area contributed by atoms with Crippen molar-refractivity contribution in [2.45, 2.75) is 83.7 Å². The Labute approximate surface area is 216 Å². The first kappa shape index (κ1) is 27.4. The van der Waals surface area contributed by atoms with Crippen molar-refractivity contribution in [3.8, 4) is 0 Å². The summed E-state index contributed by atoms with van der Waals surface area (Å²) in [6.45, 7) is 7.32. The molecule has 3 heterocycles. The zero-order valence-corrected chi connectivity index (χ0v) is 21.8. The van der Waals surface area contributed by atoms with Crippen LogP contribution in [0.25, 0.3) is 0 Å². The summed E-state index contributed by atoms with van der Waals surface area (Å²) in [5, 5.41) is 0. The van der Waals surface area contributed by atoms with E-state index >= 15 is 0 Å². The minimum atomic E-state index is -4.48. The largest absolute Gasteiger partial charge is 0.444 e. The summed E-state index contributed by atoms with van der Waals surface area (Å²) in [7, 11) is 0. The Morgan fingerprint density at radius 3 is 2.46 bits per heavy atom. The summed E-state index contributed by atoms with van der Waals surface area (Å²) in [5.74, 6) is 0.292. The Kier molecular flexibility index (Phi) is 7.61. The number of aromatic nitrogens is 1. The first-order valence-corrected chi connectivity index (χ1v) is 13.0. The van der Waals surface area contributed by atoms with Crippen LogP contribution in [-0.2, 0) is 28.7 Å². The number of rotatable bonds is 4. The third kappa shape index (κ3) is 6.45. The highest BCUT2D eigenvalue weighted by Gasteiger charge is 2.44. The van der Waals surface area contributed by atoms with E-state index in [0.717, 1.165) is 31.5 Å². The Hall–Kier alpha value is -2.62. The van der Waals surface area contributed by atoms with Crippen LogP contribution in [0.15, 0.2) is 24.4 Å². The fraction of sp³-hybridized carbons (Fsp3) is 0.667. The molecule has 0 bridgehead atoms. The van der Waals surface area contributed by atoms with Gasteiger partial charge in [-0.15, -0.1) is 0 Å². The topological polar surface area (TPSA) is 88.8 Å². The first-order valence-electron chi connectivity index (χ1n) is 13.0. The number of likely N-dealkylation sites (tertiary alicyclic amines) is 1. The molecule has 2 aliphatic heterocycles. The number of amides is 2. The summed E-state index contributed by atoms with van der Waals surface area (Å²) in [6.07, 6.45) is 3.90. The maximum atomic E-state index is 13.8. The molecule has 2 amide bonds. The third-order valence-electron chi connectivity index (χ3n) is 7.61. The summed E-state index contributed by atoms with van der Waals surface area (Å²) in [4.78, 5) is 33.6. The Bertz CT molecular complexity index is 1040. The molecule has 1 aromatic rings. The highest BCUT2D eigenvalue weighted by molar-refractivity contribution is 5.85. The highest BCUT2D eigenvalue weighted by Crippen LogP contribution is 2.41. The minimum Gasteiger partial charge on any atom is -0.444 e. The molecule has 0 aromatic carbocycles. The lowest BCUT2D eigenvalue weighted by molar-refractivity contribution is -0.141. The number of piperidine rings is 1. The molecule has 4 rings (SSSR count). The van der Waals surface area contributed by atoms with E-state index in [9.17, 15) is 22.8 Å². The number of halogens is 3. The summed E-state index contributed by atoms with van der Waals surface area (Å²) in [5.41, 5.74) is 5.16. The van der Waals surface area contributed by atoms with Crippen molar-refractivity contribution in [2.75, 3.05) is 19.6 Å². The van der Waals surface area contributed by atoms with Gasteiger partial charge in [-0.1, -0.05) is 12.2 Å². The fourth-order valence-corrected chi connectivity index (χ4v) is 5.58. The van der Waals surface area contributed by atoms with Gasteiger partial charge in [0.15, 0.2) is 0 Å². The number of nitrogens with zero attached hydrogens (tertiary/aromatic N) is 3.